The second-order valence-corrected chi connectivity index (χ2v) is 3.22. The highest BCUT2D eigenvalue weighted by atomic mass is 16.2. The number of carbonyl (C=O) groups is 2. The normalized spacial score (nSPS) is 14.1. The molecule has 0 aliphatic heterocycles. The van der Waals surface area contributed by atoms with Crippen molar-refractivity contribution in [3.8, 4) is 0 Å². The van der Waals surface area contributed by atoms with E-state index in [-0.39, 0.29) is 5.91 Å². The van der Waals surface area contributed by atoms with E-state index in [1.54, 1.807) is 30.3 Å². The summed E-state index contributed by atoms with van der Waals surface area (Å²) in [6, 6.07) is 8.58. The molecule has 74 valence electrons. The van der Waals surface area contributed by atoms with E-state index in [0.717, 1.165) is 0 Å². The topological polar surface area (TPSA) is 72.2 Å². The molecule has 1 rings (SSSR count). The zero-order chi connectivity index (χ0) is 10.6. The number of amides is 1. The van der Waals surface area contributed by atoms with Gasteiger partial charge in [0.1, 0.15) is 5.66 Å². The van der Waals surface area contributed by atoms with Crippen LogP contribution in [0.4, 0.5) is 0 Å². The van der Waals surface area contributed by atoms with Crippen LogP contribution in [0.15, 0.2) is 30.3 Å². The van der Waals surface area contributed by atoms with E-state index in [4.69, 9.17) is 5.73 Å². The minimum absolute atomic E-state index is 0.359. The van der Waals surface area contributed by atoms with Crippen molar-refractivity contribution in [2.75, 3.05) is 0 Å². The summed E-state index contributed by atoms with van der Waals surface area (Å²) in [5, 5.41) is 2.39. The van der Waals surface area contributed by atoms with Crippen LogP contribution >= 0.6 is 0 Å². The Kier molecular flexibility index (Phi) is 2.99. The Morgan fingerprint density at radius 1 is 1.43 bits per heavy atom. The van der Waals surface area contributed by atoms with Crippen molar-refractivity contribution >= 4 is 12.2 Å². The van der Waals surface area contributed by atoms with Crippen molar-refractivity contribution in [3.05, 3.63) is 35.9 Å². The summed E-state index contributed by atoms with van der Waals surface area (Å²) in [7, 11) is 0. The van der Waals surface area contributed by atoms with E-state index in [2.05, 4.69) is 5.32 Å². The summed E-state index contributed by atoms with van der Waals surface area (Å²) in [5.41, 5.74) is 4.62. The van der Waals surface area contributed by atoms with Crippen LogP contribution < -0.4 is 11.1 Å². The maximum atomic E-state index is 11.5. The molecule has 1 amide bonds. The fourth-order valence-corrected chi connectivity index (χ4v) is 0.936. The van der Waals surface area contributed by atoms with Gasteiger partial charge in [-0.15, -0.1) is 0 Å². The highest BCUT2D eigenvalue weighted by molar-refractivity contribution is 5.96. The predicted molar refractivity (Wildman–Crippen MR) is 52.6 cm³/mol. The lowest BCUT2D eigenvalue weighted by atomic mass is 10.2. The molecule has 0 radical (unpaired) electrons. The number of aldehydes is 1. The number of nitrogens with two attached hydrogens (primary N) is 1. The Labute approximate surface area is 82.1 Å². The van der Waals surface area contributed by atoms with Gasteiger partial charge in [0, 0.05) is 5.56 Å². The molecule has 0 unspecified atom stereocenters. The van der Waals surface area contributed by atoms with Crippen LogP contribution in [0.1, 0.15) is 17.3 Å². The molecule has 0 saturated carbocycles. The number of hydrogen-bond acceptors (Lipinski definition) is 3. The van der Waals surface area contributed by atoms with Gasteiger partial charge in [-0.2, -0.15) is 0 Å². The van der Waals surface area contributed by atoms with E-state index in [1.165, 1.54) is 6.92 Å². The van der Waals surface area contributed by atoms with E-state index in [1.807, 2.05) is 0 Å². The summed E-state index contributed by atoms with van der Waals surface area (Å²) in [6.45, 7) is 1.43. The number of hydrogen-bond donors (Lipinski definition) is 2. The zero-order valence-electron chi connectivity index (χ0n) is 7.86. The van der Waals surface area contributed by atoms with Gasteiger partial charge in [0.05, 0.1) is 0 Å². The van der Waals surface area contributed by atoms with Crippen LogP contribution in [0.25, 0.3) is 0 Å². The molecule has 1 aromatic carbocycles. The predicted octanol–water partition coefficient (Wildman–Crippen LogP) is 0.290. The molecule has 4 heteroatoms. The Balaban J connectivity index is 2.74. The first-order chi connectivity index (χ1) is 6.55. The fourth-order valence-electron chi connectivity index (χ4n) is 0.936. The van der Waals surface area contributed by atoms with Crippen LogP contribution in [0.5, 0.6) is 0 Å². The van der Waals surface area contributed by atoms with Gasteiger partial charge in [-0.3, -0.25) is 9.59 Å². The van der Waals surface area contributed by atoms with Crippen molar-refractivity contribution in [1.29, 1.82) is 0 Å². The summed E-state index contributed by atoms with van der Waals surface area (Å²) in [4.78, 5) is 21.9. The standard InChI is InChI=1S/C10H12N2O2/c1-10(11,7-13)12-9(14)8-5-3-2-4-6-8/h2-7H,11H2,1H3,(H,12,14)/t10-/m0/s1. The second kappa shape index (κ2) is 4.02. The van der Waals surface area contributed by atoms with Crippen molar-refractivity contribution < 1.29 is 9.59 Å². The monoisotopic (exact) mass is 192 g/mol. The average Bonchev–Trinajstić information content (AvgIpc) is 2.19. The molecular weight excluding hydrogens is 180 g/mol. The zero-order valence-corrected chi connectivity index (χ0v) is 7.86. The first kappa shape index (κ1) is 10.4. The molecular formula is C10H12N2O2. The summed E-state index contributed by atoms with van der Waals surface area (Å²) < 4.78 is 0. The van der Waals surface area contributed by atoms with Gasteiger partial charge in [-0.1, -0.05) is 18.2 Å². The van der Waals surface area contributed by atoms with Crippen LogP contribution in [-0.4, -0.2) is 17.9 Å². The molecule has 0 heterocycles. The largest absolute Gasteiger partial charge is 0.328 e. The Bertz CT molecular complexity index is 333. The fraction of sp³-hybridized carbons (Fsp3) is 0.200. The third-order valence-electron chi connectivity index (χ3n) is 1.66. The first-order valence-electron chi connectivity index (χ1n) is 4.18. The molecule has 0 spiro atoms. The first-order valence-corrected chi connectivity index (χ1v) is 4.18. The highest BCUT2D eigenvalue weighted by Crippen LogP contribution is 1.99. The third kappa shape index (κ3) is 2.67. The molecule has 0 aromatic heterocycles. The SMILES string of the molecule is C[C@@](N)(C=O)NC(=O)c1ccccc1. The van der Waals surface area contributed by atoms with Gasteiger partial charge < -0.3 is 11.1 Å². The van der Waals surface area contributed by atoms with E-state index in [0.29, 0.717) is 11.8 Å². The molecule has 0 saturated heterocycles. The smallest absolute Gasteiger partial charge is 0.253 e. The minimum atomic E-state index is -1.31. The van der Waals surface area contributed by atoms with Crippen molar-refractivity contribution in [1.82, 2.24) is 5.32 Å². The molecule has 0 aliphatic rings. The van der Waals surface area contributed by atoms with Crippen molar-refractivity contribution in [2.45, 2.75) is 12.6 Å². The maximum Gasteiger partial charge on any atom is 0.253 e. The van der Waals surface area contributed by atoms with E-state index >= 15 is 0 Å². The van der Waals surface area contributed by atoms with Crippen LogP contribution in [-0.2, 0) is 4.79 Å². The molecule has 14 heavy (non-hydrogen) atoms. The number of benzene rings is 1. The van der Waals surface area contributed by atoms with Crippen molar-refractivity contribution in [2.24, 2.45) is 5.73 Å². The lowest BCUT2D eigenvalue weighted by molar-refractivity contribution is -0.112. The molecule has 0 fully saturated rings. The Morgan fingerprint density at radius 3 is 2.50 bits per heavy atom. The van der Waals surface area contributed by atoms with Gasteiger partial charge in [-0.05, 0) is 19.1 Å². The second-order valence-electron chi connectivity index (χ2n) is 3.22. The molecule has 1 aromatic rings. The third-order valence-corrected chi connectivity index (χ3v) is 1.66. The molecule has 3 N–H and O–H groups in total. The quantitative estimate of drug-likeness (QED) is 0.534. The van der Waals surface area contributed by atoms with E-state index in [9.17, 15) is 9.59 Å². The maximum absolute atomic E-state index is 11.5. The Hall–Kier alpha value is -1.68. The molecule has 4 nitrogen and oxygen atoms in total. The van der Waals surface area contributed by atoms with Gasteiger partial charge in [0.25, 0.3) is 5.91 Å². The molecule has 0 aliphatic carbocycles. The summed E-state index contributed by atoms with van der Waals surface area (Å²) >= 11 is 0. The number of rotatable bonds is 3. The summed E-state index contributed by atoms with van der Waals surface area (Å²) in [6.07, 6.45) is 0.494. The molecule has 0 bridgehead atoms. The van der Waals surface area contributed by atoms with Crippen LogP contribution in [0.2, 0.25) is 0 Å². The Morgan fingerprint density at radius 2 is 2.00 bits per heavy atom. The van der Waals surface area contributed by atoms with Gasteiger partial charge >= 0.3 is 0 Å². The molecule has 1 atom stereocenters. The van der Waals surface area contributed by atoms with Gasteiger partial charge in [0.2, 0.25) is 0 Å². The van der Waals surface area contributed by atoms with Crippen molar-refractivity contribution in [3.63, 3.8) is 0 Å². The lowest BCUT2D eigenvalue weighted by Crippen LogP contribution is -2.54. The summed E-state index contributed by atoms with van der Waals surface area (Å²) in [5.74, 6) is -0.359. The van der Waals surface area contributed by atoms with Crippen LogP contribution in [0.3, 0.4) is 0 Å². The number of nitrogens with one attached hydrogen (secondary N) is 1. The average molecular weight is 192 g/mol. The van der Waals surface area contributed by atoms with Gasteiger partial charge in [-0.25, -0.2) is 0 Å². The highest BCUT2D eigenvalue weighted by Gasteiger charge is 2.20. The lowest BCUT2D eigenvalue weighted by Gasteiger charge is -2.18. The van der Waals surface area contributed by atoms with Gasteiger partial charge in [0.15, 0.2) is 6.29 Å². The minimum Gasteiger partial charge on any atom is -0.328 e. The van der Waals surface area contributed by atoms with E-state index < -0.39 is 5.66 Å². The van der Waals surface area contributed by atoms with Crippen LogP contribution in [0, 0.1) is 0 Å². The number of carbonyl (C=O) groups excluding carboxylic acids is 2.